The van der Waals surface area contributed by atoms with Crippen LogP contribution in [0, 0.1) is 5.92 Å². The molecule has 0 bridgehead atoms. The van der Waals surface area contributed by atoms with Gasteiger partial charge < -0.3 is 10.4 Å². The van der Waals surface area contributed by atoms with Crippen molar-refractivity contribution in [2.24, 2.45) is 5.92 Å². The van der Waals surface area contributed by atoms with Crippen molar-refractivity contribution >= 4 is 11.6 Å². The zero-order valence-electron chi connectivity index (χ0n) is 12.1. The molecule has 0 radical (unpaired) electrons. The lowest BCUT2D eigenvalue weighted by molar-refractivity contribution is 0.424. The molecule has 3 heteroatoms. The van der Waals surface area contributed by atoms with Crippen molar-refractivity contribution in [3.05, 3.63) is 64.7 Å². The second kappa shape index (κ2) is 6.08. The summed E-state index contributed by atoms with van der Waals surface area (Å²) in [4.78, 5) is 0. The Balaban J connectivity index is 1.77. The van der Waals surface area contributed by atoms with Gasteiger partial charge in [0.1, 0.15) is 5.75 Å². The molecule has 0 spiro atoms. The molecule has 2 N–H and O–H groups in total. The summed E-state index contributed by atoms with van der Waals surface area (Å²) < 4.78 is 0. The number of halogens is 1. The molecule has 3 rings (SSSR count). The molecule has 2 unspecified atom stereocenters. The maximum absolute atomic E-state index is 9.62. The molecule has 1 fully saturated rings. The molecule has 1 saturated carbocycles. The van der Waals surface area contributed by atoms with Crippen LogP contribution in [0.3, 0.4) is 0 Å². The minimum absolute atomic E-state index is 0.193. The Morgan fingerprint density at radius 3 is 2.43 bits per heavy atom. The summed E-state index contributed by atoms with van der Waals surface area (Å²) in [6, 6.07) is 16.1. The van der Waals surface area contributed by atoms with E-state index in [2.05, 4.69) is 24.4 Å². The molecule has 2 atom stereocenters. The molecule has 110 valence electrons. The van der Waals surface area contributed by atoms with Gasteiger partial charge in [0.2, 0.25) is 0 Å². The zero-order valence-corrected chi connectivity index (χ0v) is 12.8. The fourth-order valence-corrected chi connectivity index (χ4v) is 2.89. The predicted molar refractivity (Wildman–Crippen MR) is 86.6 cm³/mol. The van der Waals surface area contributed by atoms with Crippen LogP contribution in [0.5, 0.6) is 5.75 Å². The van der Waals surface area contributed by atoms with Gasteiger partial charge in [-0.1, -0.05) is 35.9 Å². The highest BCUT2D eigenvalue weighted by atomic mass is 35.5. The average Bonchev–Trinajstić information content (AvgIpc) is 3.30. The first kappa shape index (κ1) is 14.4. The van der Waals surface area contributed by atoms with Gasteiger partial charge in [0, 0.05) is 17.1 Å². The first-order valence-electron chi connectivity index (χ1n) is 7.44. The number of phenols is 1. The number of hydrogen-bond acceptors (Lipinski definition) is 2. The van der Waals surface area contributed by atoms with Crippen LogP contribution in [-0.2, 0) is 0 Å². The second-order valence-electron chi connectivity index (χ2n) is 5.85. The van der Waals surface area contributed by atoms with Gasteiger partial charge >= 0.3 is 0 Å². The normalized spacial score (nSPS) is 17.4. The molecule has 0 saturated heterocycles. The molecule has 0 amide bonds. The van der Waals surface area contributed by atoms with Crippen LogP contribution in [-0.4, -0.2) is 5.11 Å². The smallest absolute Gasteiger partial charge is 0.115 e. The molecule has 0 aliphatic heterocycles. The third-order valence-corrected chi connectivity index (χ3v) is 4.37. The lowest BCUT2D eigenvalue weighted by atomic mass is 9.99. The lowest BCUT2D eigenvalue weighted by Crippen LogP contribution is -2.26. The molecular weight excluding hydrogens is 282 g/mol. The topological polar surface area (TPSA) is 32.3 Å². The highest BCUT2D eigenvalue weighted by molar-refractivity contribution is 6.30. The number of aromatic hydroxyl groups is 1. The molecule has 21 heavy (non-hydrogen) atoms. The van der Waals surface area contributed by atoms with E-state index in [-0.39, 0.29) is 6.04 Å². The molecular formula is C18H20ClNO. The Kier molecular flexibility index (Phi) is 4.18. The first-order valence-corrected chi connectivity index (χ1v) is 7.82. The number of rotatable bonds is 5. The Morgan fingerprint density at radius 2 is 1.81 bits per heavy atom. The summed E-state index contributed by atoms with van der Waals surface area (Å²) in [6.07, 6.45) is 2.54. The fraction of sp³-hybridized carbons (Fsp3) is 0.333. The average molecular weight is 302 g/mol. The molecule has 2 aromatic carbocycles. The van der Waals surface area contributed by atoms with Crippen molar-refractivity contribution in [1.82, 2.24) is 5.32 Å². The van der Waals surface area contributed by atoms with Gasteiger partial charge in [-0.25, -0.2) is 0 Å². The standard InChI is InChI=1S/C18H20ClNO/c1-12(15-3-2-4-17(21)11-15)20-18(13-5-6-13)14-7-9-16(19)10-8-14/h2-4,7-13,18,20-21H,5-6H2,1H3. The van der Waals surface area contributed by atoms with Crippen LogP contribution in [0.2, 0.25) is 5.02 Å². The van der Waals surface area contributed by atoms with Crippen LogP contribution < -0.4 is 5.32 Å². The van der Waals surface area contributed by atoms with Gasteiger partial charge in [-0.15, -0.1) is 0 Å². The number of hydrogen-bond donors (Lipinski definition) is 2. The summed E-state index contributed by atoms with van der Waals surface area (Å²) in [7, 11) is 0. The number of phenolic OH excluding ortho intramolecular Hbond substituents is 1. The monoisotopic (exact) mass is 301 g/mol. The van der Waals surface area contributed by atoms with E-state index in [1.54, 1.807) is 6.07 Å². The Morgan fingerprint density at radius 1 is 1.10 bits per heavy atom. The van der Waals surface area contributed by atoms with E-state index in [9.17, 15) is 5.11 Å². The quantitative estimate of drug-likeness (QED) is 0.827. The molecule has 0 aromatic heterocycles. The fourth-order valence-electron chi connectivity index (χ4n) is 2.76. The maximum atomic E-state index is 9.62. The summed E-state index contributed by atoms with van der Waals surface area (Å²) >= 11 is 5.98. The van der Waals surface area contributed by atoms with E-state index in [4.69, 9.17) is 11.6 Å². The van der Waals surface area contributed by atoms with Gasteiger partial charge in [0.15, 0.2) is 0 Å². The van der Waals surface area contributed by atoms with Gasteiger partial charge in [-0.05, 0) is 61.1 Å². The highest BCUT2D eigenvalue weighted by Gasteiger charge is 2.33. The third-order valence-electron chi connectivity index (χ3n) is 4.12. The van der Waals surface area contributed by atoms with E-state index in [0.29, 0.717) is 17.7 Å². The van der Waals surface area contributed by atoms with Crippen molar-refractivity contribution in [3.8, 4) is 5.75 Å². The van der Waals surface area contributed by atoms with E-state index in [0.717, 1.165) is 10.6 Å². The Bertz CT molecular complexity index is 607. The van der Waals surface area contributed by atoms with Gasteiger partial charge in [0.05, 0.1) is 0 Å². The summed E-state index contributed by atoms with van der Waals surface area (Å²) in [6.45, 7) is 2.14. The summed E-state index contributed by atoms with van der Waals surface area (Å²) in [5, 5.41) is 14.1. The summed E-state index contributed by atoms with van der Waals surface area (Å²) in [5.41, 5.74) is 2.39. The van der Waals surface area contributed by atoms with Crippen molar-refractivity contribution in [2.45, 2.75) is 31.8 Å². The van der Waals surface area contributed by atoms with E-state index in [1.165, 1.54) is 18.4 Å². The number of nitrogens with one attached hydrogen (secondary N) is 1. The first-order chi connectivity index (χ1) is 10.1. The predicted octanol–water partition coefficient (Wildman–Crippen LogP) is 4.85. The third kappa shape index (κ3) is 3.58. The Labute approximate surface area is 130 Å². The molecule has 0 heterocycles. The van der Waals surface area contributed by atoms with E-state index >= 15 is 0 Å². The largest absolute Gasteiger partial charge is 0.508 e. The maximum Gasteiger partial charge on any atom is 0.115 e. The van der Waals surface area contributed by atoms with Crippen LogP contribution in [0.1, 0.15) is 43.0 Å². The van der Waals surface area contributed by atoms with Crippen LogP contribution in [0.4, 0.5) is 0 Å². The Hall–Kier alpha value is -1.51. The zero-order chi connectivity index (χ0) is 14.8. The van der Waals surface area contributed by atoms with Crippen molar-refractivity contribution in [1.29, 1.82) is 0 Å². The number of benzene rings is 2. The minimum Gasteiger partial charge on any atom is -0.508 e. The molecule has 1 aliphatic rings. The second-order valence-corrected chi connectivity index (χ2v) is 6.29. The van der Waals surface area contributed by atoms with Gasteiger partial charge in [0.25, 0.3) is 0 Å². The summed E-state index contributed by atoms with van der Waals surface area (Å²) in [5.74, 6) is 1.02. The van der Waals surface area contributed by atoms with Crippen molar-refractivity contribution in [3.63, 3.8) is 0 Å². The van der Waals surface area contributed by atoms with Crippen molar-refractivity contribution in [2.75, 3.05) is 0 Å². The van der Waals surface area contributed by atoms with Crippen LogP contribution in [0.25, 0.3) is 0 Å². The molecule has 1 aliphatic carbocycles. The van der Waals surface area contributed by atoms with Gasteiger partial charge in [-0.3, -0.25) is 0 Å². The van der Waals surface area contributed by atoms with E-state index in [1.807, 2.05) is 30.3 Å². The van der Waals surface area contributed by atoms with E-state index < -0.39 is 0 Å². The lowest BCUT2D eigenvalue weighted by Gasteiger charge is -2.24. The molecule has 2 aromatic rings. The van der Waals surface area contributed by atoms with Gasteiger partial charge in [-0.2, -0.15) is 0 Å². The minimum atomic E-state index is 0.193. The highest BCUT2D eigenvalue weighted by Crippen LogP contribution is 2.42. The SMILES string of the molecule is CC(NC(c1ccc(Cl)cc1)C1CC1)c1cccc(O)c1. The van der Waals surface area contributed by atoms with Crippen LogP contribution in [0.15, 0.2) is 48.5 Å². The van der Waals surface area contributed by atoms with Crippen LogP contribution >= 0.6 is 11.6 Å². The van der Waals surface area contributed by atoms with Crippen molar-refractivity contribution < 1.29 is 5.11 Å². The molecule has 2 nitrogen and oxygen atoms in total.